The molecule has 1 saturated heterocycles. The number of morpholine rings is 1. The monoisotopic (exact) mass is 431 g/mol. The highest BCUT2D eigenvalue weighted by Gasteiger charge is 2.32. The summed E-state index contributed by atoms with van der Waals surface area (Å²) in [5.74, 6) is 1.03. The van der Waals surface area contributed by atoms with Crippen LogP contribution in [0.15, 0.2) is 6.33 Å². The van der Waals surface area contributed by atoms with Crippen LogP contribution in [0.2, 0.25) is 0 Å². The fraction of sp³-hybridized carbons (Fsp3) is 0.696. The molecule has 0 unspecified atom stereocenters. The number of carbonyl (C=O) groups excluding carboxylic acids is 1. The van der Waals surface area contributed by atoms with Crippen molar-refractivity contribution in [1.29, 1.82) is 0 Å². The largest absolute Gasteiger partial charge is 0.474 e. The van der Waals surface area contributed by atoms with E-state index in [-0.39, 0.29) is 6.10 Å². The number of aldehydes is 1. The van der Waals surface area contributed by atoms with Gasteiger partial charge in [0, 0.05) is 30.4 Å². The van der Waals surface area contributed by atoms with Gasteiger partial charge in [0.15, 0.2) is 0 Å². The van der Waals surface area contributed by atoms with Gasteiger partial charge in [-0.15, -0.1) is 11.3 Å². The average molecular weight is 432 g/mol. The predicted octanol–water partition coefficient (Wildman–Crippen LogP) is 4.36. The van der Waals surface area contributed by atoms with Crippen molar-refractivity contribution in [3.8, 4) is 5.88 Å². The van der Waals surface area contributed by atoms with Crippen LogP contribution >= 0.6 is 11.3 Å². The summed E-state index contributed by atoms with van der Waals surface area (Å²) in [5.41, 5.74) is 1.28. The quantitative estimate of drug-likeness (QED) is 0.656. The lowest BCUT2D eigenvalue weighted by molar-refractivity contribution is -0.108. The molecular formula is C23H33N3O3S. The van der Waals surface area contributed by atoms with Gasteiger partial charge in [-0.1, -0.05) is 13.8 Å². The number of rotatable bonds is 5. The highest BCUT2D eigenvalue weighted by Crippen LogP contribution is 2.47. The lowest BCUT2D eigenvalue weighted by Crippen LogP contribution is -2.46. The second kappa shape index (κ2) is 10.2. The molecule has 3 heterocycles. The number of fused-ring (bicyclic) bond motifs is 3. The minimum absolute atomic E-state index is 0.219. The molecule has 2 aromatic heterocycles. The van der Waals surface area contributed by atoms with E-state index in [0.717, 1.165) is 74.4 Å². The summed E-state index contributed by atoms with van der Waals surface area (Å²) in [6.45, 7) is 7.84. The molecule has 1 atom stereocenters. The average Bonchev–Trinajstić information content (AvgIpc) is 3.37. The topological polar surface area (TPSA) is 64.5 Å². The molecule has 7 heteroatoms. The number of hydrogen-bond donors (Lipinski definition) is 0. The van der Waals surface area contributed by atoms with E-state index in [4.69, 9.17) is 9.47 Å². The number of thiophene rings is 1. The molecule has 0 bridgehead atoms. The van der Waals surface area contributed by atoms with Crippen LogP contribution in [0.25, 0.3) is 10.2 Å². The van der Waals surface area contributed by atoms with Gasteiger partial charge < -0.3 is 14.3 Å². The van der Waals surface area contributed by atoms with Gasteiger partial charge in [0.1, 0.15) is 23.5 Å². The smallest absolute Gasteiger partial charge is 0.225 e. The molecule has 2 fully saturated rings. The van der Waals surface area contributed by atoms with Gasteiger partial charge in [0.2, 0.25) is 5.88 Å². The molecule has 0 radical (unpaired) electrons. The zero-order valence-electron chi connectivity index (χ0n) is 18.1. The molecule has 0 aromatic carbocycles. The predicted molar refractivity (Wildman–Crippen MR) is 120 cm³/mol. The zero-order chi connectivity index (χ0) is 20.9. The van der Waals surface area contributed by atoms with Crippen molar-refractivity contribution in [3.63, 3.8) is 0 Å². The number of aryl methyl sites for hydroxylation is 1. The van der Waals surface area contributed by atoms with Crippen LogP contribution in [-0.2, 0) is 16.0 Å². The number of nitrogens with zero attached hydrogens (tertiary/aromatic N) is 3. The first-order chi connectivity index (χ1) is 14.8. The van der Waals surface area contributed by atoms with Gasteiger partial charge >= 0.3 is 0 Å². The first-order valence-corrected chi connectivity index (χ1v) is 12.3. The van der Waals surface area contributed by atoms with Crippen molar-refractivity contribution >= 4 is 27.8 Å². The molecule has 5 rings (SSSR count). The molecule has 6 nitrogen and oxygen atoms in total. The fourth-order valence-electron chi connectivity index (χ4n) is 5.11. The molecule has 164 valence electrons. The van der Waals surface area contributed by atoms with Crippen LogP contribution in [0.1, 0.15) is 68.7 Å². The highest BCUT2D eigenvalue weighted by molar-refractivity contribution is 7.19. The van der Waals surface area contributed by atoms with Gasteiger partial charge in [-0.05, 0) is 50.0 Å². The van der Waals surface area contributed by atoms with E-state index in [1.54, 1.807) is 17.7 Å². The molecule has 0 spiro atoms. The molecular weight excluding hydrogens is 398 g/mol. The Hall–Kier alpha value is -1.57. The van der Waals surface area contributed by atoms with E-state index in [1.807, 2.05) is 13.8 Å². The summed E-state index contributed by atoms with van der Waals surface area (Å²) in [4.78, 5) is 25.1. The standard InChI is InChI=1S/C21H27N3O3S.C2H6/c25-10-7-14-1-6-17-18(14)19-20(22-13-23-21(19)28-17)27-16-4-2-15(3-5-16)24-8-11-26-12-9-24;1-2/h10,13-16H,1-9,11-12H2;1-2H3/t14-,15?,16?;/m1./s1. The number of aromatic nitrogens is 2. The molecule has 0 N–H and O–H groups in total. The van der Waals surface area contributed by atoms with Crippen molar-refractivity contribution in [3.05, 3.63) is 16.8 Å². The molecule has 1 saturated carbocycles. The Bertz CT molecular complexity index is 842. The van der Waals surface area contributed by atoms with Crippen LogP contribution in [0, 0.1) is 0 Å². The lowest BCUT2D eigenvalue weighted by Gasteiger charge is -2.38. The van der Waals surface area contributed by atoms with E-state index >= 15 is 0 Å². The third-order valence-corrected chi connectivity index (χ3v) is 7.73. The van der Waals surface area contributed by atoms with Crippen molar-refractivity contribution in [2.75, 3.05) is 26.3 Å². The van der Waals surface area contributed by atoms with Crippen LogP contribution in [0.5, 0.6) is 5.88 Å². The Balaban J connectivity index is 0.00000106. The van der Waals surface area contributed by atoms with Crippen molar-refractivity contribution in [2.45, 2.75) is 76.9 Å². The van der Waals surface area contributed by atoms with Gasteiger partial charge in [-0.3, -0.25) is 4.90 Å². The Labute approximate surface area is 183 Å². The van der Waals surface area contributed by atoms with Crippen LogP contribution in [0.3, 0.4) is 0 Å². The SMILES string of the molecule is CC.O=CC[C@H]1CCc2sc3ncnc(OC4CCC(N5CCOCC5)CC4)c3c21. The van der Waals surface area contributed by atoms with Gasteiger partial charge in [-0.25, -0.2) is 9.97 Å². The van der Waals surface area contributed by atoms with E-state index in [2.05, 4.69) is 14.9 Å². The number of ether oxygens (including phenoxy) is 2. The number of hydrogen-bond acceptors (Lipinski definition) is 7. The van der Waals surface area contributed by atoms with Crippen molar-refractivity contribution in [2.24, 2.45) is 0 Å². The third-order valence-electron chi connectivity index (χ3n) is 6.56. The number of carbonyl (C=O) groups is 1. The van der Waals surface area contributed by atoms with Gasteiger partial charge in [0.25, 0.3) is 0 Å². The first kappa shape index (κ1) is 21.7. The molecule has 2 aromatic rings. The lowest BCUT2D eigenvalue weighted by atomic mass is 9.91. The Morgan fingerprint density at radius 3 is 2.67 bits per heavy atom. The maximum atomic E-state index is 11.1. The molecule has 0 amide bonds. The summed E-state index contributed by atoms with van der Waals surface area (Å²) in [5, 5.41) is 1.07. The Kier molecular flexibility index (Phi) is 7.33. The first-order valence-electron chi connectivity index (χ1n) is 11.5. The molecule has 3 aliphatic rings. The summed E-state index contributed by atoms with van der Waals surface area (Å²) < 4.78 is 11.9. The summed E-state index contributed by atoms with van der Waals surface area (Å²) in [6.07, 6.45) is 10.0. The Morgan fingerprint density at radius 1 is 1.17 bits per heavy atom. The van der Waals surface area contributed by atoms with Crippen LogP contribution in [-0.4, -0.2) is 59.6 Å². The second-order valence-corrected chi connectivity index (χ2v) is 9.22. The van der Waals surface area contributed by atoms with Crippen molar-refractivity contribution in [1.82, 2.24) is 14.9 Å². The van der Waals surface area contributed by atoms with E-state index in [0.29, 0.717) is 18.4 Å². The molecule has 1 aliphatic heterocycles. The van der Waals surface area contributed by atoms with E-state index in [9.17, 15) is 4.79 Å². The van der Waals surface area contributed by atoms with Crippen LogP contribution < -0.4 is 4.74 Å². The van der Waals surface area contributed by atoms with Gasteiger partial charge in [-0.2, -0.15) is 0 Å². The van der Waals surface area contributed by atoms with E-state index < -0.39 is 0 Å². The van der Waals surface area contributed by atoms with E-state index in [1.165, 1.54) is 23.3 Å². The fourth-order valence-corrected chi connectivity index (χ4v) is 6.34. The summed E-state index contributed by atoms with van der Waals surface area (Å²) in [7, 11) is 0. The third kappa shape index (κ3) is 4.39. The summed E-state index contributed by atoms with van der Waals surface area (Å²) in [6, 6.07) is 0.663. The zero-order valence-corrected chi connectivity index (χ0v) is 19.0. The molecule has 2 aliphatic carbocycles. The van der Waals surface area contributed by atoms with Gasteiger partial charge in [0.05, 0.1) is 18.6 Å². The minimum Gasteiger partial charge on any atom is -0.474 e. The summed E-state index contributed by atoms with van der Waals surface area (Å²) >= 11 is 1.75. The van der Waals surface area contributed by atoms with Crippen LogP contribution in [0.4, 0.5) is 0 Å². The Morgan fingerprint density at radius 2 is 1.93 bits per heavy atom. The molecule has 30 heavy (non-hydrogen) atoms. The minimum atomic E-state index is 0.219. The normalized spacial score (nSPS) is 26.7. The van der Waals surface area contributed by atoms with Crippen molar-refractivity contribution < 1.29 is 14.3 Å². The maximum absolute atomic E-state index is 11.1. The second-order valence-electron chi connectivity index (χ2n) is 8.13. The highest BCUT2D eigenvalue weighted by atomic mass is 32.1. The maximum Gasteiger partial charge on any atom is 0.225 e.